The zero-order valence-electron chi connectivity index (χ0n) is 11.2. The molecule has 2 rings (SSSR count). The van der Waals surface area contributed by atoms with Gasteiger partial charge in [0.2, 0.25) is 11.8 Å². The van der Waals surface area contributed by atoms with E-state index in [1.54, 1.807) is 11.8 Å². The number of nitrogens with one attached hydrogen (secondary N) is 3. The Bertz CT molecular complexity index is 447. The fraction of sp³-hybridized carbons (Fsp3) is 0.429. The van der Waals surface area contributed by atoms with Gasteiger partial charge in [0.05, 0.1) is 12.6 Å². The van der Waals surface area contributed by atoms with E-state index in [2.05, 4.69) is 16.0 Å². The molecule has 20 heavy (non-hydrogen) atoms. The number of benzene rings is 1. The Morgan fingerprint density at radius 3 is 2.75 bits per heavy atom. The van der Waals surface area contributed by atoms with Crippen LogP contribution in [0, 0.1) is 0 Å². The molecule has 6 heteroatoms. The zero-order chi connectivity index (χ0) is 14.2. The maximum absolute atomic E-state index is 11.8. The number of amides is 2. The van der Waals surface area contributed by atoms with E-state index in [0.717, 1.165) is 23.6 Å². The topological polar surface area (TPSA) is 70.2 Å². The lowest BCUT2D eigenvalue weighted by molar-refractivity contribution is -0.127. The molecule has 1 unspecified atom stereocenters. The van der Waals surface area contributed by atoms with Crippen molar-refractivity contribution in [3.8, 4) is 0 Å². The summed E-state index contributed by atoms with van der Waals surface area (Å²) in [6, 6.07) is 9.49. The molecule has 1 fully saturated rings. The summed E-state index contributed by atoms with van der Waals surface area (Å²) in [5, 5.41) is 8.58. The monoisotopic (exact) mass is 293 g/mol. The van der Waals surface area contributed by atoms with Crippen LogP contribution in [0.2, 0.25) is 0 Å². The van der Waals surface area contributed by atoms with Gasteiger partial charge in [0.25, 0.3) is 0 Å². The van der Waals surface area contributed by atoms with Gasteiger partial charge < -0.3 is 16.0 Å². The van der Waals surface area contributed by atoms with Crippen molar-refractivity contribution in [2.45, 2.75) is 12.6 Å². The molecule has 0 bridgehead atoms. The van der Waals surface area contributed by atoms with Crippen LogP contribution in [-0.2, 0) is 16.1 Å². The molecule has 1 aliphatic heterocycles. The van der Waals surface area contributed by atoms with Gasteiger partial charge in [-0.05, 0) is 5.56 Å². The molecular formula is C14H19N3O2S. The Hall–Kier alpha value is -1.53. The van der Waals surface area contributed by atoms with E-state index in [-0.39, 0.29) is 24.4 Å². The third-order valence-corrected chi connectivity index (χ3v) is 4.06. The van der Waals surface area contributed by atoms with Crippen LogP contribution in [-0.4, -0.2) is 42.5 Å². The summed E-state index contributed by atoms with van der Waals surface area (Å²) >= 11 is 1.75. The molecule has 1 aromatic rings. The second kappa shape index (κ2) is 7.91. The number of carbonyl (C=O) groups is 2. The molecule has 1 atom stereocenters. The van der Waals surface area contributed by atoms with Crippen molar-refractivity contribution in [2.75, 3.05) is 24.6 Å². The second-order valence-electron chi connectivity index (χ2n) is 4.56. The first-order valence-electron chi connectivity index (χ1n) is 6.65. The van der Waals surface area contributed by atoms with Crippen molar-refractivity contribution >= 4 is 23.6 Å². The molecule has 0 spiro atoms. The van der Waals surface area contributed by atoms with Crippen molar-refractivity contribution < 1.29 is 9.59 Å². The molecule has 1 aliphatic rings. The molecule has 2 amide bonds. The number of thioether (sulfide) groups is 1. The van der Waals surface area contributed by atoms with Crippen LogP contribution < -0.4 is 16.0 Å². The maximum Gasteiger partial charge on any atom is 0.239 e. The van der Waals surface area contributed by atoms with Gasteiger partial charge in [-0.3, -0.25) is 9.59 Å². The lowest BCUT2D eigenvalue weighted by Gasteiger charge is -2.22. The van der Waals surface area contributed by atoms with E-state index in [1.807, 2.05) is 30.3 Å². The third kappa shape index (κ3) is 4.86. The molecule has 3 N–H and O–H groups in total. The number of hydrogen-bond donors (Lipinski definition) is 3. The summed E-state index contributed by atoms with van der Waals surface area (Å²) in [6.07, 6.45) is 0. The van der Waals surface area contributed by atoms with Crippen LogP contribution in [0.4, 0.5) is 0 Å². The summed E-state index contributed by atoms with van der Waals surface area (Å²) in [6.45, 7) is 1.34. The fourth-order valence-corrected chi connectivity index (χ4v) is 2.82. The maximum atomic E-state index is 11.8. The quantitative estimate of drug-likeness (QED) is 0.721. The second-order valence-corrected chi connectivity index (χ2v) is 5.71. The lowest BCUT2D eigenvalue weighted by Crippen LogP contribution is -2.50. The van der Waals surface area contributed by atoms with E-state index in [9.17, 15) is 9.59 Å². The highest BCUT2D eigenvalue weighted by molar-refractivity contribution is 7.99. The average Bonchev–Trinajstić information content (AvgIpc) is 2.52. The van der Waals surface area contributed by atoms with Crippen LogP contribution in [0.5, 0.6) is 0 Å². The summed E-state index contributed by atoms with van der Waals surface area (Å²) in [7, 11) is 0. The van der Waals surface area contributed by atoms with Crippen LogP contribution in [0.1, 0.15) is 5.56 Å². The minimum Gasteiger partial charge on any atom is -0.350 e. The van der Waals surface area contributed by atoms with E-state index in [0.29, 0.717) is 6.54 Å². The molecule has 0 radical (unpaired) electrons. The highest BCUT2D eigenvalue weighted by Crippen LogP contribution is 2.07. The highest BCUT2D eigenvalue weighted by atomic mass is 32.2. The van der Waals surface area contributed by atoms with Crippen LogP contribution in [0.3, 0.4) is 0 Å². The zero-order valence-corrected chi connectivity index (χ0v) is 12.0. The smallest absolute Gasteiger partial charge is 0.239 e. The fourth-order valence-electron chi connectivity index (χ4n) is 1.88. The predicted molar refractivity (Wildman–Crippen MR) is 80.4 cm³/mol. The number of rotatable bonds is 5. The Kier molecular flexibility index (Phi) is 5.88. The van der Waals surface area contributed by atoms with Gasteiger partial charge >= 0.3 is 0 Å². The first kappa shape index (κ1) is 14.9. The first-order valence-corrected chi connectivity index (χ1v) is 7.80. The molecule has 1 heterocycles. The SMILES string of the molecule is O=C(CNC(=O)C1CSCCN1)NCc1ccccc1. The molecule has 0 aromatic heterocycles. The Labute approximate surface area is 122 Å². The normalized spacial score (nSPS) is 18.3. The van der Waals surface area contributed by atoms with Gasteiger partial charge in [0, 0.05) is 24.6 Å². The Morgan fingerprint density at radius 1 is 1.25 bits per heavy atom. The molecule has 1 saturated heterocycles. The number of hydrogen-bond acceptors (Lipinski definition) is 4. The van der Waals surface area contributed by atoms with Gasteiger partial charge in [-0.1, -0.05) is 30.3 Å². The molecule has 1 aromatic carbocycles. The van der Waals surface area contributed by atoms with Crippen molar-refractivity contribution in [3.05, 3.63) is 35.9 Å². The molecular weight excluding hydrogens is 274 g/mol. The molecule has 5 nitrogen and oxygen atoms in total. The average molecular weight is 293 g/mol. The molecule has 0 saturated carbocycles. The van der Waals surface area contributed by atoms with Crippen LogP contribution in [0.25, 0.3) is 0 Å². The first-order chi connectivity index (χ1) is 9.75. The standard InChI is InChI=1S/C14H19N3O2S/c18-13(16-8-11-4-2-1-3-5-11)9-17-14(19)12-10-20-7-6-15-12/h1-5,12,15H,6-10H2,(H,16,18)(H,17,19). The van der Waals surface area contributed by atoms with Gasteiger partial charge in [0.1, 0.15) is 0 Å². The Balaban J connectivity index is 1.65. The summed E-state index contributed by atoms with van der Waals surface area (Å²) < 4.78 is 0. The minimum absolute atomic E-state index is 0.0223. The van der Waals surface area contributed by atoms with Gasteiger partial charge in [-0.15, -0.1) is 0 Å². The van der Waals surface area contributed by atoms with Crippen molar-refractivity contribution in [1.29, 1.82) is 0 Å². The summed E-state index contributed by atoms with van der Waals surface area (Å²) in [5.74, 6) is 1.51. The van der Waals surface area contributed by atoms with Gasteiger partial charge in [-0.2, -0.15) is 11.8 Å². The minimum atomic E-state index is -0.185. The molecule has 108 valence electrons. The van der Waals surface area contributed by atoms with E-state index >= 15 is 0 Å². The van der Waals surface area contributed by atoms with Crippen molar-refractivity contribution in [1.82, 2.24) is 16.0 Å². The lowest BCUT2D eigenvalue weighted by atomic mass is 10.2. The largest absolute Gasteiger partial charge is 0.350 e. The summed E-state index contributed by atoms with van der Waals surface area (Å²) in [5.41, 5.74) is 1.04. The van der Waals surface area contributed by atoms with Crippen LogP contribution >= 0.6 is 11.8 Å². The van der Waals surface area contributed by atoms with Crippen LogP contribution in [0.15, 0.2) is 30.3 Å². The highest BCUT2D eigenvalue weighted by Gasteiger charge is 2.20. The predicted octanol–water partition coefficient (Wildman–Crippen LogP) is 0.124. The van der Waals surface area contributed by atoms with Crippen molar-refractivity contribution in [2.24, 2.45) is 0 Å². The van der Waals surface area contributed by atoms with E-state index in [1.165, 1.54) is 0 Å². The van der Waals surface area contributed by atoms with Crippen molar-refractivity contribution in [3.63, 3.8) is 0 Å². The molecule has 0 aliphatic carbocycles. The van der Waals surface area contributed by atoms with Gasteiger partial charge in [-0.25, -0.2) is 0 Å². The number of carbonyl (C=O) groups excluding carboxylic acids is 2. The third-order valence-electron chi connectivity index (χ3n) is 2.99. The van der Waals surface area contributed by atoms with Gasteiger partial charge in [0.15, 0.2) is 0 Å². The van der Waals surface area contributed by atoms with E-state index in [4.69, 9.17) is 0 Å². The summed E-state index contributed by atoms with van der Waals surface area (Å²) in [4.78, 5) is 23.5. The Morgan fingerprint density at radius 2 is 2.05 bits per heavy atom. The van der Waals surface area contributed by atoms with E-state index < -0.39 is 0 Å².